The van der Waals surface area contributed by atoms with Gasteiger partial charge in [0.25, 0.3) is 0 Å². The molecule has 0 N–H and O–H groups in total. The van der Waals surface area contributed by atoms with Gasteiger partial charge in [0.1, 0.15) is 0 Å². The molecule has 0 heterocycles. The second-order valence-corrected chi connectivity index (χ2v) is 6.26. The molecule has 0 bridgehead atoms. The summed E-state index contributed by atoms with van der Waals surface area (Å²) in [5.74, 6) is 0. The summed E-state index contributed by atoms with van der Waals surface area (Å²) in [6.07, 6.45) is 9.88. The molecule has 0 amide bonds. The average Bonchev–Trinajstić information content (AvgIpc) is 2.81. The molecule has 0 spiro atoms. The first-order valence-corrected chi connectivity index (χ1v) is 8.10. The van der Waals surface area contributed by atoms with Gasteiger partial charge >= 0.3 is 0 Å². The zero-order valence-corrected chi connectivity index (χ0v) is 12.8. The maximum absolute atomic E-state index is 2.32. The van der Waals surface area contributed by atoms with Gasteiger partial charge in [0.2, 0.25) is 0 Å². The number of allylic oxidation sites excluding steroid dienone is 2. The van der Waals surface area contributed by atoms with Crippen molar-refractivity contribution in [2.75, 3.05) is 0 Å². The van der Waals surface area contributed by atoms with E-state index in [0.29, 0.717) is 0 Å². The van der Waals surface area contributed by atoms with E-state index in [-0.39, 0.29) is 0 Å². The van der Waals surface area contributed by atoms with E-state index < -0.39 is 0 Å². The largest absolute Gasteiger partial charge is 0.0807 e. The van der Waals surface area contributed by atoms with E-state index in [4.69, 9.17) is 0 Å². The summed E-state index contributed by atoms with van der Waals surface area (Å²) in [5.41, 5.74) is 0. The van der Waals surface area contributed by atoms with Crippen LogP contribution in [0.3, 0.4) is 0 Å². The fraction of sp³-hybridized carbons (Fsp3) is 0.0435. The van der Waals surface area contributed by atoms with Crippen molar-refractivity contribution in [1.29, 1.82) is 0 Å². The van der Waals surface area contributed by atoms with E-state index in [1.807, 2.05) is 0 Å². The van der Waals surface area contributed by atoms with Gasteiger partial charge in [-0.1, -0.05) is 48.6 Å². The molecule has 0 fully saturated rings. The van der Waals surface area contributed by atoms with Gasteiger partial charge in [0, 0.05) is 0 Å². The molecule has 0 nitrogen and oxygen atoms in total. The van der Waals surface area contributed by atoms with Crippen LogP contribution in [0.25, 0.3) is 44.5 Å². The molecule has 0 saturated carbocycles. The predicted molar refractivity (Wildman–Crippen MR) is 101 cm³/mol. The predicted octanol–water partition coefficient (Wildman–Crippen LogP) is 4.67. The van der Waals surface area contributed by atoms with Crippen molar-refractivity contribution < 1.29 is 0 Å². The Morgan fingerprint density at radius 1 is 0.565 bits per heavy atom. The highest BCUT2D eigenvalue weighted by Gasteiger charge is 2.02. The molecule has 4 aromatic carbocycles. The second kappa shape index (κ2) is 4.82. The normalized spacial score (nSPS) is 13.6. The Balaban J connectivity index is 1.91. The van der Waals surface area contributed by atoms with Gasteiger partial charge in [-0.2, -0.15) is 0 Å². The van der Waals surface area contributed by atoms with Crippen LogP contribution >= 0.6 is 0 Å². The van der Waals surface area contributed by atoms with E-state index >= 15 is 0 Å². The molecule has 0 aliphatic heterocycles. The Kier molecular flexibility index (Phi) is 2.65. The zero-order valence-electron chi connectivity index (χ0n) is 12.8. The number of fused-ring (bicyclic) bond motifs is 4. The lowest BCUT2D eigenvalue weighted by molar-refractivity contribution is 1.47. The molecule has 0 unspecified atom stereocenters. The van der Waals surface area contributed by atoms with Crippen LogP contribution in [0.2, 0.25) is 0 Å². The number of hydrogen-bond donors (Lipinski definition) is 0. The monoisotopic (exact) mass is 292 g/mol. The number of hydrogen-bond acceptors (Lipinski definition) is 0. The minimum Gasteiger partial charge on any atom is -0.0807 e. The van der Waals surface area contributed by atoms with Crippen LogP contribution in [0, 0.1) is 0 Å². The lowest BCUT2D eigenvalue weighted by atomic mass is 9.99. The van der Waals surface area contributed by atoms with Crippen molar-refractivity contribution in [3.05, 3.63) is 83.3 Å². The lowest BCUT2D eigenvalue weighted by Crippen LogP contribution is -2.23. The first-order chi connectivity index (χ1) is 11.4. The maximum Gasteiger partial charge on any atom is -0.0157 e. The third-order valence-electron chi connectivity index (χ3n) is 4.75. The molecule has 4 aromatic rings. The number of benzene rings is 4. The van der Waals surface area contributed by atoms with Gasteiger partial charge < -0.3 is 0 Å². The summed E-state index contributed by atoms with van der Waals surface area (Å²) in [7, 11) is 0. The summed E-state index contributed by atoms with van der Waals surface area (Å²) in [6, 6.07) is 22.4. The molecule has 0 saturated heterocycles. The van der Waals surface area contributed by atoms with E-state index in [1.54, 1.807) is 0 Å². The Labute approximate surface area is 134 Å². The lowest BCUT2D eigenvalue weighted by Gasteiger charge is -2.06. The third kappa shape index (κ3) is 2.07. The molecule has 0 aromatic heterocycles. The SMILES string of the molecule is C1=CCC=c2cc3cc4cc5ccccc5cc4cc3cc2=C1. The van der Waals surface area contributed by atoms with Gasteiger partial charge in [-0.15, -0.1) is 0 Å². The maximum atomic E-state index is 2.32. The molecular formula is C23H16. The zero-order chi connectivity index (χ0) is 15.2. The third-order valence-corrected chi connectivity index (χ3v) is 4.75. The average molecular weight is 292 g/mol. The fourth-order valence-corrected chi connectivity index (χ4v) is 3.55. The summed E-state index contributed by atoms with van der Waals surface area (Å²) in [6.45, 7) is 0. The van der Waals surface area contributed by atoms with Crippen LogP contribution in [0.1, 0.15) is 6.42 Å². The van der Waals surface area contributed by atoms with Crippen molar-refractivity contribution in [1.82, 2.24) is 0 Å². The fourth-order valence-electron chi connectivity index (χ4n) is 3.55. The summed E-state index contributed by atoms with van der Waals surface area (Å²) < 4.78 is 0. The second-order valence-electron chi connectivity index (χ2n) is 6.26. The van der Waals surface area contributed by atoms with Crippen molar-refractivity contribution >= 4 is 44.5 Å². The van der Waals surface area contributed by atoms with Crippen LogP contribution in [-0.4, -0.2) is 0 Å². The van der Waals surface area contributed by atoms with Crippen molar-refractivity contribution in [3.63, 3.8) is 0 Å². The van der Waals surface area contributed by atoms with E-state index in [0.717, 1.165) is 6.42 Å². The molecule has 1 aliphatic rings. The van der Waals surface area contributed by atoms with Gasteiger partial charge in [0.05, 0.1) is 0 Å². The molecular weight excluding hydrogens is 276 g/mol. The highest BCUT2D eigenvalue weighted by Crippen LogP contribution is 2.26. The van der Waals surface area contributed by atoms with Crippen LogP contribution < -0.4 is 10.4 Å². The Bertz CT molecular complexity index is 1220. The van der Waals surface area contributed by atoms with Gasteiger partial charge in [-0.3, -0.25) is 0 Å². The highest BCUT2D eigenvalue weighted by atomic mass is 14.1. The summed E-state index contributed by atoms with van der Waals surface area (Å²) in [4.78, 5) is 0. The highest BCUT2D eigenvalue weighted by molar-refractivity contribution is 6.04. The quantitative estimate of drug-likeness (QED) is 0.413. The van der Waals surface area contributed by atoms with Crippen LogP contribution in [0.4, 0.5) is 0 Å². The Morgan fingerprint density at radius 3 is 1.83 bits per heavy atom. The van der Waals surface area contributed by atoms with Gasteiger partial charge in [0.15, 0.2) is 0 Å². The van der Waals surface area contributed by atoms with Gasteiger partial charge in [-0.05, 0) is 85.6 Å². The number of rotatable bonds is 0. The Hall–Kier alpha value is -2.86. The topological polar surface area (TPSA) is 0 Å². The molecule has 0 radical (unpaired) electrons. The first kappa shape index (κ1) is 12.7. The van der Waals surface area contributed by atoms with Gasteiger partial charge in [-0.25, -0.2) is 0 Å². The molecule has 0 atom stereocenters. The minimum atomic E-state index is 1.01. The van der Waals surface area contributed by atoms with E-state index in [9.17, 15) is 0 Å². The van der Waals surface area contributed by atoms with Crippen LogP contribution in [0.5, 0.6) is 0 Å². The van der Waals surface area contributed by atoms with Crippen molar-refractivity contribution in [2.24, 2.45) is 0 Å². The van der Waals surface area contributed by atoms with E-state index in [1.165, 1.54) is 42.8 Å². The molecule has 0 heteroatoms. The smallest absolute Gasteiger partial charge is 0.0157 e. The summed E-state index contributed by atoms with van der Waals surface area (Å²) in [5, 5.41) is 10.5. The molecule has 108 valence electrons. The van der Waals surface area contributed by atoms with E-state index in [2.05, 4.69) is 85.0 Å². The van der Waals surface area contributed by atoms with Crippen LogP contribution in [-0.2, 0) is 0 Å². The first-order valence-electron chi connectivity index (χ1n) is 8.10. The summed E-state index contributed by atoms with van der Waals surface area (Å²) >= 11 is 0. The van der Waals surface area contributed by atoms with Crippen LogP contribution in [0.15, 0.2) is 72.8 Å². The molecule has 5 rings (SSSR count). The Morgan fingerprint density at radius 2 is 1.13 bits per heavy atom. The standard InChI is InChI=1S/C23H16/c1-2-6-16-10-20-14-22-12-18-8-4-5-9-19(18)13-23(22)15-21(20)11-17(16)7-3-1/h1-2,4-15H,3H2. The molecule has 23 heavy (non-hydrogen) atoms. The molecule has 1 aliphatic carbocycles. The minimum absolute atomic E-state index is 1.01. The van der Waals surface area contributed by atoms with Crippen molar-refractivity contribution in [3.8, 4) is 0 Å². The van der Waals surface area contributed by atoms with Crippen molar-refractivity contribution in [2.45, 2.75) is 6.42 Å².